The number of anilines is 2. The van der Waals surface area contributed by atoms with Crippen LogP contribution in [0.5, 0.6) is 0 Å². The van der Waals surface area contributed by atoms with Crippen LogP contribution in [-0.4, -0.2) is 89.2 Å². The molecule has 1 saturated heterocycles. The minimum absolute atomic E-state index is 0.0512. The van der Waals surface area contributed by atoms with Crippen LogP contribution in [0.1, 0.15) is 5.01 Å². The van der Waals surface area contributed by atoms with Crippen molar-refractivity contribution in [1.29, 1.82) is 0 Å². The molecule has 0 aromatic carbocycles. The van der Waals surface area contributed by atoms with Gasteiger partial charge in [-0.15, -0.1) is 10.2 Å². The van der Waals surface area contributed by atoms with Crippen LogP contribution >= 0.6 is 11.3 Å². The Morgan fingerprint density at radius 2 is 1.92 bits per heavy atom. The van der Waals surface area contributed by atoms with E-state index in [2.05, 4.69) is 40.2 Å². The first kappa shape index (κ1) is 18.6. The highest BCUT2D eigenvalue weighted by Gasteiger charge is 2.21. The smallest absolute Gasteiger partial charge is 0.240 e. The van der Waals surface area contributed by atoms with Gasteiger partial charge in [0, 0.05) is 51.5 Å². The Morgan fingerprint density at radius 1 is 1.19 bits per heavy atom. The first-order valence-electron chi connectivity index (χ1n) is 8.61. The van der Waals surface area contributed by atoms with Crippen molar-refractivity contribution in [2.24, 2.45) is 0 Å². The van der Waals surface area contributed by atoms with Crippen molar-refractivity contribution in [2.75, 3.05) is 63.6 Å². The number of piperazine rings is 1. The van der Waals surface area contributed by atoms with E-state index in [0.717, 1.165) is 50.1 Å². The molecule has 140 valence electrons. The molecular formula is C16H24N8OS. The molecule has 2 aromatic rings. The SMILES string of the molecule is CN(C)CCc1nnc(NC(=O)CN2CCN(c3ncccn3)CC2)s1. The quantitative estimate of drug-likeness (QED) is 0.733. The fourth-order valence-electron chi connectivity index (χ4n) is 2.65. The van der Waals surface area contributed by atoms with Crippen molar-refractivity contribution in [3.63, 3.8) is 0 Å². The van der Waals surface area contributed by atoms with E-state index in [1.54, 1.807) is 12.4 Å². The van der Waals surface area contributed by atoms with Gasteiger partial charge in [0.2, 0.25) is 17.0 Å². The van der Waals surface area contributed by atoms with E-state index in [1.165, 1.54) is 11.3 Å². The average molecular weight is 376 g/mol. The maximum absolute atomic E-state index is 12.2. The molecule has 0 unspecified atom stereocenters. The van der Waals surface area contributed by atoms with E-state index < -0.39 is 0 Å². The van der Waals surface area contributed by atoms with Gasteiger partial charge in [0.15, 0.2) is 0 Å². The number of rotatable bonds is 7. The van der Waals surface area contributed by atoms with Gasteiger partial charge >= 0.3 is 0 Å². The van der Waals surface area contributed by atoms with Crippen molar-refractivity contribution in [1.82, 2.24) is 30.0 Å². The lowest BCUT2D eigenvalue weighted by Gasteiger charge is -2.34. The first-order valence-corrected chi connectivity index (χ1v) is 9.43. The molecule has 1 fully saturated rings. The zero-order chi connectivity index (χ0) is 18.4. The van der Waals surface area contributed by atoms with Crippen LogP contribution in [-0.2, 0) is 11.2 Å². The molecule has 0 radical (unpaired) electrons. The topological polar surface area (TPSA) is 90.4 Å². The third-order valence-corrected chi connectivity index (χ3v) is 4.96. The predicted molar refractivity (Wildman–Crippen MR) is 101 cm³/mol. The van der Waals surface area contributed by atoms with Crippen LogP contribution in [0.25, 0.3) is 0 Å². The monoisotopic (exact) mass is 376 g/mol. The van der Waals surface area contributed by atoms with Gasteiger partial charge < -0.3 is 9.80 Å². The summed E-state index contributed by atoms with van der Waals surface area (Å²) < 4.78 is 0. The van der Waals surface area contributed by atoms with Crippen molar-refractivity contribution in [2.45, 2.75) is 6.42 Å². The summed E-state index contributed by atoms with van der Waals surface area (Å²) >= 11 is 1.44. The molecule has 10 heteroatoms. The average Bonchev–Trinajstić information content (AvgIpc) is 3.08. The standard InChI is InChI=1S/C16H24N8OS/c1-22(2)7-4-14-20-21-16(26-14)19-13(25)12-23-8-10-24(11-9-23)15-17-5-3-6-18-15/h3,5-6H,4,7-12H2,1-2H3,(H,19,21,25). The first-order chi connectivity index (χ1) is 12.6. The predicted octanol–water partition coefficient (Wildman–Crippen LogP) is 0.193. The maximum Gasteiger partial charge on any atom is 0.240 e. The second kappa shape index (κ2) is 8.97. The molecule has 1 aliphatic rings. The molecule has 0 spiro atoms. The van der Waals surface area contributed by atoms with E-state index >= 15 is 0 Å². The molecule has 3 rings (SSSR count). The minimum atomic E-state index is -0.0512. The molecular weight excluding hydrogens is 352 g/mol. The van der Waals surface area contributed by atoms with Crippen molar-refractivity contribution in [3.05, 3.63) is 23.5 Å². The Hall–Kier alpha value is -2.17. The minimum Gasteiger partial charge on any atom is -0.338 e. The van der Waals surface area contributed by atoms with Crippen LogP contribution in [0.2, 0.25) is 0 Å². The Labute approximate surface area is 157 Å². The number of hydrogen-bond acceptors (Lipinski definition) is 9. The lowest BCUT2D eigenvalue weighted by molar-refractivity contribution is -0.117. The Morgan fingerprint density at radius 3 is 2.62 bits per heavy atom. The van der Waals surface area contributed by atoms with Gasteiger partial charge in [-0.2, -0.15) is 0 Å². The summed E-state index contributed by atoms with van der Waals surface area (Å²) in [6, 6.07) is 1.81. The number of amides is 1. The van der Waals surface area contributed by atoms with Crippen LogP contribution in [0.4, 0.5) is 11.1 Å². The van der Waals surface area contributed by atoms with Crippen LogP contribution < -0.4 is 10.2 Å². The Kier molecular flexibility index (Phi) is 6.42. The number of aromatic nitrogens is 4. The van der Waals surface area contributed by atoms with Crippen LogP contribution in [0.15, 0.2) is 18.5 Å². The number of hydrogen-bond donors (Lipinski definition) is 1. The Balaban J connectivity index is 1.42. The van der Waals surface area contributed by atoms with Crippen molar-refractivity contribution in [3.8, 4) is 0 Å². The molecule has 0 bridgehead atoms. The summed E-state index contributed by atoms with van der Waals surface area (Å²) in [5.74, 6) is 0.695. The summed E-state index contributed by atoms with van der Waals surface area (Å²) in [7, 11) is 4.04. The Bertz CT molecular complexity index is 699. The number of nitrogens with zero attached hydrogens (tertiary/aromatic N) is 7. The van der Waals surface area contributed by atoms with E-state index in [-0.39, 0.29) is 5.91 Å². The molecule has 3 heterocycles. The zero-order valence-corrected chi connectivity index (χ0v) is 15.9. The highest BCUT2D eigenvalue weighted by molar-refractivity contribution is 7.15. The third-order valence-electron chi connectivity index (χ3n) is 4.06. The zero-order valence-electron chi connectivity index (χ0n) is 15.1. The normalized spacial score (nSPS) is 15.4. The van der Waals surface area contributed by atoms with Gasteiger partial charge in [-0.25, -0.2) is 9.97 Å². The molecule has 1 aliphatic heterocycles. The van der Waals surface area contributed by atoms with Gasteiger partial charge in [0.1, 0.15) is 5.01 Å². The van der Waals surface area contributed by atoms with Crippen molar-refractivity contribution >= 4 is 28.3 Å². The van der Waals surface area contributed by atoms with Gasteiger partial charge in [0.05, 0.1) is 6.54 Å². The molecule has 26 heavy (non-hydrogen) atoms. The molecule has 0 saturated carbocycles. The van der Waals surface area contributed by atoms with Gasteiger partial charge in [0.25, 0.3) is 0 Å². The summed E-state index contributed by atoms with van der Waals surface area (Å²) in [5, 5.41) is 12.5. The van der Waals surface area contributed by atoms with Crippen LogP contribution in [0.3, 0.4) is 0 Å². The van der Waals surface area contributed by atoms with Crippen molar-refractivity contribution < 1.29 is 4.79 Å². The molecule has 9 nitrogen and oxygen atoms in total. The molecule has 2 aromatic heterocycles. The molecule has 0 aliphatic carbocycles. The van der Waals surface area contributed by atoms with E-state index in [4.69, 9.17) is 0 Å². The second-order valence-electron chi connectivity index (χ2n) is 6.41. The highest BCUT2D eigenvalue weighted by atomic mass is 32.1. The van der Waals surface area contributed by atoms with Crippen LogP contribution in [0, 0.1) is 0 Å². The summed E-state index contributed by atoms with van der Waals surface area (Å²) in [4.78, 5) is 27.2. The number of carbonyl (C=O) groups is 1. The van der Waals surface area contributed by atoms with E-state index in [9.17, 15) is 4.79 Å². The second-order valence-corrected chi connectivity index (χ2v) is 7.48. The van der Waals surface area contributed by atoms with Gasteiger partial charge in [-0.1, -0.05) is 11.3 Å². The van der Waals surface area contributed by atoms with Gasteiger partial charge in [-0.05, 0) is 20.2 Å². The molecule has 1 amide bonds. The lowest BCUT2D eigenvalue weighted by Crippen LogP contribution is -2.49. The third kappa shape index (κ3) is 5.41. The van der Waals surface area contributed by atoms with Gasteiger partial charge in [-0.3, -0.25) is 15.0 Å². The molecule has 1 N–H and O–H groups in total. The fourth-order valence-corrected chi connectivity index (χ4v) is 3.39. The van der Waals surface area contributed by atoms with E-state index in [1.807, 2.05) is 20.2 Å². The number of likely N-dealkylation sites (N-methyl/N-ethyl adjacent to an activating group) is 1. The maximum atomic E-state index is 12.2. The highest BCUT2D eigenvalue weighted by Crippen LogP contribution is 2.16. The molecule has 0 atom stereocenters. The largest absolute Gasteiger partial charge is 0.338 e. The summed E-state index contributed by atoms with van der Waals surface area (Å²) in [5.41, 5.74) is 0. The fraction of sp³-hybridized carbons (Fsp3) is 0.562. The van der Waals surface area contributed by atoms with E-state index in [0.29, 0.717) is 11.7 Å². The summed E-state index contributed by atoms with van der Waals surface area (Å²) in [6.07, 6.45) is 4.33. The number of carbonyl (C=O) groups excluding carboxylic acids is 1. The lowest BCUT2D eigenvalue weighted by atomic mass is 10.3. The summed E-state index contributed by atoms with van der Waals surface area (Å²) in [6.45, 7) is 4.50. The number of nitrogens with one attached hydrogen (secondary N) is 1.